The van der Waals surface area contributed by atoms with Crippen molar-refractivity contribution in [3.8, 4) is 0 Å². The van der Waals surface area contributed by atoms with Gasteiger partial charge in [0.05, 0.1) is 12.6 Å². The molecule has 0 bridgehead atoms. The highest BCUT2D eigenvalue weighted by Gasteiger charge is 2.76. The van der Waals surface area contributed by atoms with Crippen molar-refractivity contribution in [2.45, 2.75) is 53.6 Å². The standard InChI is InChI=1S/C18H33N3O3/c1-16(2,3)13(20-15(23)19-7)14(22)21-10-18(6)12(17(18,4)5)11(21)9-24-8/h11-13H,9-10H2,1-8H3,(H2,19,20,23)/t11?,12-,13+,18-/m0/s1. The van der Waals surface area contributed by atoms with Gasteiger partial charge in [0, 0.05) is 20.7 Å². The molecule has 2 fully saturated rings. The van der Waals surface area contributed by atoms with E-state index in [0.29, 0.717) is 12.5 Å². The Morgan fingerprint density at radius 3 is 2.33 bits per heavy atom. The van der Waals surface area contributed by atoms with E-state index in [9.17, 15) is 9.59 Å². The fraction of sp³-hybridized carbons (Fsp3) is 0.889. The highest BCUT2D eigenvalue weighted by Crippen LogP contribution is 2.74. The minimum Gasteiger partial charge on any atom is -0.383 e. The molecule has 1 heterocycles. The normalized spacial score (nSPS) is 32.1. The van der Waals surface area contributed by atoms with Gasteiger partial charge in [-0.2, -0.15) is 0 Å². The van der Waals surface area contributed by atoms with E-state index in [4.69, 9.17) is 4.74 Å². The number of likely N-dealkylation sites (tertiary alicyclic amines) is 1. The number of carbonyl (C=O) groups is 2. The average Bonchev–Trinajstić information content (AvgIpc) is 2.75. The third-order valence-electron chi connectivity index (χ3n) is 6.37. The van der Waals surface area contributed by atoms with Gasteiger partial charge in [-0.25, -0.2) is 4.79 Å². The predicted octanol–water partition coefficient (Wildman–Crippen LogP) is 1.85. The minimum atomic E-state index is -0.569. The van der Waals surface area contributed by atoms with Gasteiger partial charge in [0.1, 0.15) is 6.04 Å². The number of amides is 3. The van der Waals surface area contributed by atoms with Crippen LogP contribution in [0.25, 0.3) is 0 Å². The van der Waals surface area contributed by atoms with Gasteiger partial charge in [0.15, 0.2) is 0 Å². The fourth-order valence-corrected chi connectivity index (χ4v) is 4.59. The second kappa shape index (κ2) is 5.90. The van der Waals surface area contributed by atoms with Crippen LogP contribution in [0.5, 0.6) is 0 Å². The number of carbonyl (C=O) groups excluding carboxylic acids is 2. The fourth-order valence-electron chi connectivity index (χ4n) is 4.59. The Morgan fingerprint density at radius 2 is 1.88 bits per heavy atom. The van der Waals surface area contributed by atoms with E-state index in [1.165, 1.54) is 0 Å². The van der Waals surface area contributed by atoms with Crippen LogP contribution >= 0.6 is 0 Å². The first kappa shape index (κ1) is 19.0. The summed E-state index contributed by atoms with van der Waals surface area (Å²) in [7, 11) is 3.24. The van der Waals surface area contributed by atoms with E-state index < -0.39 is 6.04 Å². The summed E-state index contributed by atoms with van der Waals surface area (Å²) in [4.78, 5) is 27.0. The van der Waals surface area contributed by atoms with E-state index in [0.717, 1.165) is 6.54 Å². The Hall–Kier alpha value is -1.30. The van der Waals surface area contributed by atoms with Crippen LogP contribution in [0.2, 0.25) is 0 Å². The van der Waals surface area contributed by atoms with Gasteiger partial charge in [-0.1, -0.05) is 41.5 Å². The zero-order valence-electron chi connectivity index (χ0n) is 16.3. The summed E-state index contributed by atoms with van der Waals surface area (Å²) in [5, 5.41) is 5.37. The molecule has 1 saturated heterocycles. The Labute approximate surface area is 145 Å². The van der Waals surface area contributed by atoms with Crippen molar-refractivity contribution in [3.63, 3.8) is 0 Å². The molecule has 24 heavy (non-hydrogen) atoms. The summed E-state index contributed by atoms with van der Waals surface area (Å²) in [6.07, 6.45) is 0. The molecule has 0 spiro atoms. The molecular formula is C18H33N3O3. The predicted molar refractivity (Wildman–Crippen MR) is 93.6 cm³/mol. The number of urea groups is 1. The molecule has 0 radical (unpaired) electrons. The molecule has 2 aliphatic rings. The summed E-state index contributed by atoms with van der Waals surface area (Å²) in [6.45, 7) is 14.0. The van der Waals surface area contributed by atoms with Crippen LogP contribution in [0.3, 0.4) is 0 Å². The minimum absolute atomic E-state index is 0.0163. The molecule has 6 heteroatoms. The van der Waals surface area contributed by atoms with Gasteiger partial charge in [0.25, 0.3) is 0 Å². The molecule has 4 atom stereocenters. The van der Waals surface area contributed by atoms with Crippen molar-refractivity contribution < 1.29 is 14.3 Å². The number of ether oxygens (including phenoxy) is 1. The lowest BCUT2D eigenvalue weighted by Gasteiger charge is -2.38. The number of nitrogens with zero attached hydrogens (tertiary/aromatic N) is 1. The summed E-state index contributed by atoms with van der Waals surface area (Å²) < 4.78 is 5.42. The first-order valence-electron chi connectivity index (χ1n) is 8.69. The van der Waals surface area contributed by atoms with Crippen LogP contribution in [0.15, 0.2) is 0 Å². The zero-order valence-corrected chi connectivity index (χ0v) is 16.3. The second-order valence-corrected chi connectivity index (χ2v) is 9.13. The number of hydrogen-bond acceptors (Lipinski definition) is 3. The van der Waals surface area contributed by atoms with E-state index in [-0.39, 0.29) is 34.2 Å². The molecule has 6 nitrogen and oxygen atoms in total. The lowest BCUT2D eigenvalue weighted by atomic mass is 9.85. The molecule has 1 aliphatic heterocycles. The zero-order chi connectivity index (χ0) is 18.5. The number of nitrogens with one attached hydrogen (secondary N) is 2. The van der Waals surface area contributed by atoms with Gasteiger partial charge >= 0.3 is 6.03 Å². The highest BCUT2D eigenvalue weighted by atomic mass is 16.5. The number of hydrogen-bond donors (Lipinski definition) is 2. The highest BCUT2D eigenvalue weighted by molar-refractivity contribution is 5.88. The Bertz CT molecular complexity index is 526. The van der Waals surface area contributed by atoms with E-state index in [2.05, 4.69) is 31.4 Å². The van der Waals surface area contributed by atoms with Crippen molar-refractivity contribution in [2.24, 2.45) is 22.2 Å². The smallest absolute Gasteiger partial charge is 0.315 e. The summed E-state index contributed by atoms with van der Waals surface area (Å²) >= 11 is 0. The van der Waals surface area contributed by atoms with Gasteiger partial charge in [-0.05, 0) is 22.2 Å². The van der Waals surface area contributed by atoms with Gasteiger partial charge in [-0.15, -0.1) is 0 Å². The molecule has 1 saturated carbocycles. The quantitative estimate of drug-likeness (QED) is 0.821. The van der Waals surface area contributed by atoms with Crippen LogP contribution < -0.4 is 10.6 Å². The van der Waals surface area contributed by atoms with Crippen molar-refractivity contribution in [2.75, 3.05) is 27.3 Å². The van der Waals surface area contributed by atoms with Crippen molar-refractivity contribution in [3.05, 3.63) is 0 Å². The van der Waals surface area contributed by atoms with Crippen LogP contribution in [-0.4, -0.2) is 56.2 Å². The molecule has 0 aromatic rings. The Morgan fingerprint density at radius 1 is 1.29 bits per heavy atom. The second-order valence-electron chi connectivity index (χ2n) is 9.13. The molecule has 1 unspecified atom stereocenters. The van der Waals surface area contributed by atoms with Gasteiger partial charge in [-0.3, -0.25) is 4.79 Å². The monoisotopic (exact) mass is 339 g/mol. The third kappa shape index (κ3) is 2.79. The number of fused-ring (bicyclic) bond motifs is 1. The summed E-state index contributed by atoms with van der Waals surface area (Å²) in [5.41, 5.74) is -0.0237. The Kier molecular flexibility index (Phi) is 4.68. The molecule has 138 valence electrons. The van der Waals surface area contributed by atoms with Crippen LogP contribution in [0, 0.1) is 22.2 Å². The van der Waals surface area contributed by atoms with E-state index >= 15 is 0 Å². The maximum atomic E-state index is 13.3. The SMILES string of the molecule is CNC(=O)N[C@H](C(=O)N1C[C@@]2(C)[C@@H](C1COC)C2(C)C)C(C)(C)C. The molecule has 3 amide bonds. The van der Waals surface area contributed by atoms with Gasteiger partial charge < -0.3 is 20.3 Å². The topological polar surface area (TPSA) is 70.7 Å². The van der Waals surface area contributed by atoms with Crippen LogP contribution in [-0.2, 0) is 9.53 Å². The first-order chi connectivity index (χ1) is 10.9. The van der Waals surface area contributed by atoms with Gasteiger partial charge in [0.2, 0.25) is 5.91 Å². The van der Waals surface area contributed by atoms with Crippen LogP contribution in [0.4, 0.5) is 4.79 Å². The Balaban J connectivity index is 2.25. The maximum absolute atomic E-state index is 13.3. The molecule has 1 aliphatic carbocycles. The lowest BCUT2D eigenvalue weighted by molar-refractivity contribution is -0.139. The molecular weight excluding hydrogens is 306 g/mol. The lowest BCUT2D eigenvalue weighted by Crippen LogP contribution is -2.58. The molecule has 0 aromatic heterocycles. The van der Waals surface area contributed by atoms with Crippen molar-refractivity contribution in [1.29, 1.82) is 0 Å². The summed E-state index contributed by atoms with van der Waals surface area (Å²) in [5.74, 6) is 0.423. The van der Waals surface area contributed by atoms with E-state index in [1.807, 2.05) is 25.7 Å². The molecule has 0 aromatic carbocycles. The third-order valence-corrected chi connectivity index (χ3v) is 6.37. The molecule has 2 N–H and O–H groups in total. The maximum Gasteiger partial charge on any atom is 0.315 e. The number of methoxy groups -OCH3 is 1. The number of rotatable bonds is 4. The average molecular weight is 339 g/mol. The largest absolute Gasteiger partial charge is 0.383 e. The van der Waals surface area contributed by atoms with Crippen molar-refractivity contribution >= 4 is 11.9 Å². The number of piperidine rings is 1. The summed E-state index contributed by atoms with van der Waals surface area (Å²) in [6, 6.07) is -0.831. The van der Waals surface area contributed by atoms with Crippen LogP contribution in [0.1, 0.15) is 41.5 Å². The first-order valence-corrected chi connectivity index (χ1v) is 8.69. The van der Waals surface area contributed by atoms with E-state index in [1.54, 1.807) is 14.2 Å². The molecule has 2 rings (SSSR count). The van der Waals surface area contributed by atoms with Crippen molar-refractivity contribution in [1.82, 2.24) is 15.5 Å².